The Morgan fingerprint density at radius 3 is 2.84 bits per heavy atom. The molecule has 3 heterocycles. The maximum absolute atomic E-state index is 12.8. The Morgan fingerprint density at radius 1 is 1.52 bits per heavy atom. The molecule has 2 aliphatic rings. The number of imidazole rings is 1. The third-order valence-corrected chi connectivity index (χ3v) is 6.09. The molecule has 1 aromatic heterocycles. The van der Waals surface area contributed by atoms with Crippen LogP contribution >= 0.6 is 11.8 Å². The van der Waals surface area contributed by atoms with Gasteiger partial charge in [0, 0.05) is 42.6 Å². The summed E-state index contributed by atoms with van der Waals surface area (Å²) in [5, 5.41) is 14.3. The van der Waals surface area contributed by atoms with Gasteiger partial charge in [0.05, 0.1) is 0 Å². The van der Waals surface area contributed by atoms with Crippen molar-refractivity contribution in [2.75, 3.05) is 12.4 Å². The number of esters is 1. The molecular formula is C19H21N5O6S. The first-order valence-corrected chi connectivity index (χ1v) is 10.3. The lowest BCUT2D eigenvalue weighted by Crippen LogP contribution is -2.71. The van der Waals surface area contributed by atoms with E-state index >= 15 is 0 Å². The number of terminal acetylenes is 1. The van der Waals surface area contributed by atoms with Gasteiger partial charge in [-0.05, 0) is 6.92 Å². The highest BCUT2D eigenvalue weighted by molar-refractivity contribution is 8.00. The lowest BCUT2D eigenvalue weighted by molar-refractivity contribution is -0.151. The molecule has 164 valence electrons. The molecule has 3 atom stereocenters. The van der Waals surface area contributed by atoms with Gasteiger partial charge in [-0.2, -0.15) is 0 Å². The molecule has 3 unspecified atom stereocenters. The Morgan fingerprint density at radius 2 is 2.26 bits per heavy atom. The SMILES string of the molecule is C#CNC(Cc1cnc(C)[nH]1)C(=O)NC1C(=O)N2C(C(=O)O)=C(COC(C)=O)CSC12. The van der Waals surface area contributed by atoms with Gasteiger partial charge in [0.15, 0.2) is 0 Å². The number of nitrogens with zero attached hydrogens (tertiary/aromatic N) is 2. The van der Waals surface area contributed by atoms with Crippen molar-refractivity contribution in [2.24, 2.45) is 0 Å². The molecule has 3 rings (SSSR count). The highest BCUT2D eigenvalue weighted by atomic mass is 32.2. The van der Waals surface area contributed by atoms with E-state index in [-0.39, 0.29) is 24.5 Å². The summed E-state index contributed by atoms with van der Waals surface area (Å²) < 4.78 is 4.90. The van der Waals surface area contributed by atoms with E-state index < -0.39 is 41.2 Å². The van der Waals surface area contributed by atoms with E-state index in [1.54, 1.807) is 13.1 Å². The second kappa shape index (κ2) is 9.13. The number of carbonyl (C=O) groups is 4. The molecule has 2 aliphatic heterocycles. The number of fused-ring (bicyclic) bond motifs is 1. The first-order chi connectivity index (χ1) is 14.7. The fourth-order valence-corrected chi connectivity index (χ4v) is 4.67. The molecule has 0 spiro atoms. The van der Waals surface area contributed by atoms with Crippen molar-refractivity contribution < 1.29 is 29.0 Å². The van der Waals surface area contributed by atoms with Gasteiger partial charge in [0.1, 0.15) is 35.6 Å². The zero-order valence-electron chi connectivity index (χ0n) is 16.8. The average molecular weight is 447 g/mol. The van der Waals surface area contributed by atoms with Gasteiger partial charge in [-0.3, -0.25) is 19.3 Å². The van der Waals surface area contributed by atoms with Gasteiger partial charge < -0.3 is 25.5 Å². The third-order valence-electron chi connectivity index (χ3n) is 4.75. The summed E-state index contributed by atoms with van der Waals surface area (Å²) in [7, 11) is 0. The Labute approximate surface area is 182 Å². The molecule has 1 fully saturated rings. The van der Waals surface area contributed by atoms with Gasteiger partial charge in [0.2, 0.25) is 5.91 Å². The Hall–Kier alpha value is -3.46. The van der Waals surface area contributed by atoms with Crippen LogP contribution in [0.2, 0.25) is 0 Å². The lowest BCUT2D eigenvalue weighted by atomic mass is 10.0. The summed E-state index contributed by atoms with van der Waals surface area (Å²) in [6, 6.07) is 0.525. The fraction of sp³-hybridized carbons (Fsp3) is 0.421. The van der Waals surface area contributed by atoms with Crippen molar-refractivity contribution in [2.45, 2.75) is 37.7 Å². The first-order valence-electron chi connectivity index (χ1n) is 9.28. The predicted molar refractivity (Wildman–Crippen MR) is 109 cm³/mol. The number of hydrogen-bond donors (Lipinski definition) is 4. The van der Waals surface area contributed by atoms with Crippen LogP contribution in [0, 0.1) is 19.4 Å². The van der Waals surface area contributed by atoms with Gasteiger partial charge in [0.25, 0.3) is 5.91 Å². The number of carbonyl (C=O) groups excluding carboxylic acids is 3. The van der Waals surface area contributed by atoms with Gasteiger partial charge >= 0.3 is 11.9 Å². The van der Waals surface area contributed by atoms with Crippen LogP contribution in [0.1, 0.15) is 18.4 Å². The fourth-order valence-electron chi connectivity index (χ4n) is 3.34. The van der Waals surface area contributed by atoms with Crippen molar-refractivity contribution in [1.82, 2.24) is 25.5 Å². The van der Waals surface area contributed by atoms with Gasteiger partial charge in [-0.1, -0.05) is 6.42 Å². The predicted octanol–water partition coefficient (Wildman–Crippen LogP) is -0.889. The molecule has 12 heteroatoms. The van der Waals surface area contributed by atoms with Crippen molar-refractivity contribution in [3.05, 3.63) is 29.0 Å². The van der Waals surface area contributed by atoms with Crippen LogP contribution in [0.3, 0.4) is 0 Å². The molecule has 0 bridgehead atoms. The normalized spacial score (nSPS) is 20.8. The summed E-state index contributed by atoms with van der Waals surface area (Å²) in [6.07, 6.45) is 7.12. The minimum absolute atomic E-state index is 0.213. The first kappa shape index (κ1) is 22.2. The van der Waals surface area contributed by atoms with Crippen LogP contribution in [0.4, 0.5) is 0 Å². The highest BCUT2D eigenvalue weighted by Gasteiger charge is 2.54. The number of aliphatic carboxylic acids is 1. The van der Waals surface area contributed by atoms with E-state index in [1.807, 2.05) is 0 Å². The van der Waals surface area contributed by atoms with E-state index in [0.717, 1.165) is 4.90 Å². The quantitative estimate of drug-likeness (QED) is 0.172. The lowest BCUT2D eigenvalue weighted by Gasteiger charge is -2.49. The smallest absolute Gasteiger partial charge is 0.352 e. The largest absolute Gasteiger partial charge is 0.477 e. The number of nitrogens with one attached hydrogen (secondary N) is 3. The highest BCUT2D eigenvalue weighted by Crippen LogP contribution is 2.40. The topological polar surface area (TPSA) is 154 Å². The van der Waals surface area contributed by atoms with E-state index in [9.17, 15) is 24.3 Å². The average Bonchev–Trinajstić information content (AvgIpc) is 3.13. The summed E-state index contributed by atoms with van der Waals surface area (Å²) in [4.78, 5) is 56.4. The molecule has 0 radical (unpaired) electrons. The van der Waals surface area contributed by atoms with Crippen molar-refractivity contribution in [1.29, 1.82) is 0 Å². The van der Waals surface area contributed by atoms with Crippen LogP contribution in [0.5, 0.6) is 0 Å². The molecule has 2 amide bonds. The van der Waals surface area contributed by atoms with E-state index in [2.05, 4.69) is 26.6 Å². The van der Waals surface area contributed by atoms with Crippen LogP contribution in [-0.2, 0) is 30.3 Å². The Bertz CT molecular complexity index is 996. The molecule has 11 nitrogen and oxygen atoms in total. The van der Waals surface area contributed by atoms with Crippen LogP contribution in [-0.4, -0.2) is 73.5 Å². The molecule has 0 aliphatic carbocycles. The maximum Gasteiger partial charge on any atom is 0.352 e. The number of aromatic nitrogens is 2. The molecule has 31 heavy (non-hydrogen) atoms. The Kier molecular flexibility index (Phi) is 6.55. The Balaban J connectivity index is 1.71. The summed E-state index contributed by atoms with van der Waals surface area (Å²) >= 11 is 1.28. The molecule has 1 aromatic rings. The molecule has 0 saturated carbocycles. The zero-order valence-corrected chi connectivity index (χ0v) is 17.6. The maximum atomic E-state index is 12.8. The summed E-state index contributed by atoms with van der Waals surface area (Å²) in [5.41, 5.74) is 0.801. The van der Waals surface area contributed by atoms with Gasteiger partial charge in [-0.15, -0.1) is 11.8 Å². The second-order valence-corrected chi connectivity index (χ2v) is 8.08. The molecule has 0 aromatic carbocycles. The minimum atomic E-state index is -1.30. The van der Waals surface area contributed by atoms with E-state index in [4.69, 9.17) is 11.2 Å². The number of carboxylic acids is 1. The van der Waals surface area contributed by atoms with Crippen LogP contribution < -0.4 is 10.6 Å². The number of aromatic amines is 1. The number of thioether (sulfide) groups is 1. The van der Waals surface area contributed by atoms with Crippen molar-refractivity contribution in [3.63, 3.8) is 0 Å². The molecule has 4 N–H and O–H groups in total. The third kappa shape index (κ3) is 4.66. The van der Waals surface area contributed by atoms with Crippen molar-refractivity contribution >= 4 is 35.5 Å². The standard InChI is InChI=1S/C19H21N5O6S/c1-4-20-13(5-12-6-21-9(2)22-12)16(26)23-14-17(27)24-15(19(28)29)11(7-30-10(3)25)8-31-18(14)24/h1,6,13-14,18,20H,5,7-8H2,2-3H3,(H,21,22)(H,23,26)(H,28,29). The zero-order chi connectivity index (χ0) is 22.7. The molecule has 1 saturated heterocycles. The monoisotopic (exact) mass is 447 g/mol. The summed E-state index contributed by atoms with van der Waals surface area (Å²) in [6.45, 7) is 2.78. The number of hydrogen-bond acceptors (Lipinski definition) is 8. The summed E-state index contributed by atoms with van der Waals surface area (Å²) in [5.74, 6) is -1.96. The number of ether oxygens (including phenoxy) is 1. The second-order valence-electron chi connectivity index (χ2n) is 6.97. The van der Waals surface area contributed by atoms with Crippen molar-refractivity contribution in [3.8, 4) is 12.5 Å². The number of H-pyrrole nitrogens is 1. The number of rotatable bonds is 8. The molecular weight excluding hydrogens is 426 g/mol. The van der Waals surface area contributed by atoms with Crippen LogP contribution in [0.25, 0.3) is 0 Å². The van der Waals surface area contributed by atoms with E-state index in [1.165, 1.54) is 18.7 Å². The van der Waals surface area contributed by atoms with E-state index in [0.29, 0.717) is 17.1 Å². The minimum Gasteiger partial charge on any atom is -0.477 e. The van der Waals surface area contributed by atoms with Gasteiger partial charge in [-0.25, -0.2) is 9.78 Å². The number of amides is 2. The van der Waals surface area contributed by atoms with Crippen LogP contribution in [0.15, 0.2) is 17.5 Å². The number of carboxylic acid groups (broad SMARTS) is 1. The number of aryl methyl sites for hydroxylation is 1. The number of β-lactam (4-membered cyclic amide) rings is 1.